The molecule has 1 N–H and O–H groups in total. The Kier molecular flexibility index (Phi) is 4.94. The zero-order valence-electron chi connectivity index (χ0n) is 16.4. The first-order valence-corrected chi connectivity index (χ1v) is 9.71. The van der Waals surface area contributed by atoms with Gasteiger partial charge in [-0.25, -0.2) is 0 Å². The normalized spacial score (nSPS) is 12.3. The van der Waals surface area contributed by atoms with Crippen molar-refractivity contribution in [3.63, 3.8) is 0 Å². The molecule has 5 rings (SSSR count). The average molecular weight is 414 g/mol. The number of rotatable bonds is 5. The van der Waals surface area contributed by atoms with Crippen LogP contribution in [0.3, 0.4) is 0 Å². The number of hydrogen-bond donors (Lipinski definition) is 1. The van der Waals surface area contributed by atoms with Gasteiger partial charge in [0.1, 0.15) is 19.0 Å². The first kappa shape index (κ1) is 18.7. The van der Waals surface area contributed by atoms with E-state index in [1.165, 1.54) is 0 Å². The highest BCUT2D eigenvalue weighted by Gasteiger charge is 2.20. The second-order valence-electron chi connectivity index (χ2n) is 6.73. The summed E-state index contributed by atoms with van der Waals surface area (Å²) in [6, 6.07) is 19.7. The third-order valence-electron chi connectivity index (χ3n) is 4.64. The number of nitrogens with zero attached hydrogens (tertiary/aromatic N) is 3. The highest BCUT2D eigenvalue weighted by atomic mass is 16.6. The Hall–Kier alpha value is -4.33. The summed E-state index contributed by atoms with van der Waals surface area (Å²) in [5.74, 6) is 2.42. The summed E-state index contributed by atoms with van der Waals surface area (Å²) in [5.41, 5.74) is 1.05. The van der Waals surface area contributed by atoms with Crippen molar-refractivity contribution in [1.82, 2.24) is 14.8 Å². The lowest BCUT2D eigenvalue weighted by Crippen LogP contribution is -2.20. The van der Waals surface area contributed by atoms with Crippen molar-refractivity contribution in [1.29, 1.82) is 0 Å². The first-order chi connectivity index (χ1) is 15.3. The number of benzene rings is 2. The maximum atomic E-state index is 12.7. The van der Waals surface area contributed by atoms with E-state index in [0.29, 0.717) is 53.4 Å². The summed E-state index contributed by atoms with van der Waals surface area (Å²) < 4.78 is 18.7. The maximum Gasteiger partial charge on any atom is 0.259 e. The second kappa shape index (κ2) is 8.19. The molecule has 0 saturated heterocycles. The smallest absolute Gasteiger partial charge is 0.259 e. The van der Waals surface area contributed by atoms with Gasteiger partial charge in [-0.2, -0.15) is 0 Å². The van der Waals surface area contributed by atoms with Crippen molar-refractivity contribution >= 4 is 11.6 Å². The van der Waals surface area contributed by atoms with Crippen LogP contribution < -0.4 is 19.5 Å². The molecule has 1 aliphatic rings. The topological polar surface area (TPSA) is 87.5 Å². The van der Waals surface area contributed by atoms with Gasteiger partial charge in [0.25, 0.3) is 5.91 Å². The molecule has 1 aliphatic heterocycles. The highest BCUT2D eigenvalue weighted by molar-refractivity contribution is 6.06. The Labute approximate surface area is 178 Å². The van der Waals surface area contributed by atoms with Crippen molar-refractivity contribution in [3.8, 4) is 28.9 Å². The molecule has 1 amide bonds. The summed E-state index contributed by atoms with van der Waals surface area (Å²) in [4.78, 5) is 12.7. The van der Waals surface area contributed by atoms with Crippen molar-refractivity contribution in [3.05, 3.63) is 84.7 Å². The molecule has 154 valence electrons. The molecule has 0 radical (unpaired) electrons. The summed E-state index contributed by atoms with van der Waals surface area (Å²) in [6.07, 6.45) is 3.78. The number of nitrogens with one attached hydrogen (secondary N) is 1. The van der Waals surface area contributed by atoms with Crippen molar-refractivity contribution in [2.24, 2.45) is 0 Å². The lowest BCUT2D eigenvalue weighted by atomic mass is 10.1. The minimum atomic E-state index is -0.275. The average Bonchev–Trinajstić information content (AvgIpc) is 3.35. The van der Waals surface area contributed by atoms with E-state index in [4.69, 9.17) is 14.2 Å². The second-order valence-corrected chi connectivity index (χ2v) is 6.73. The molecule has 0 saturated carbocycles. The number of carbonyl (C=O) groups is 1. The number of para-hydroxylation sites is 1. The van der Waals surface area contributed by atoms with E-state index in [0.717, 1.165) is 0 Å². The molecule has 2 aromatic heterocycles. The van der Waals surface area contributed by atoms with Crippen LogP contribution in [0.4, 0.5) is 5.69 Å². The summed E-state index contributed by atoms with van der Waals surface area (Å²) in [5, 5.41) is 11.1. The molecule has 0 atom stereocenters. The van der Waals surface area contributed by atoms with Crippen LogP contribution in [-0.4, -0.2) is 33.9 Å². The van der Waals surface area contributed by atoms with Gasteiger partial charge in [0.2, 0.25) is 5.88 Å². The van der Waals surface area contributed by atoms with Gasteiger partial charge >= 0.3 is 0 Å². The fourth-order valence-electron chi connectivity index (χ4n) is 3.17. The van der Waals surface area contributed by atoms with Gasteiger partial charge in [-0.3, -0.25) is 4.79 Å². The number of hydrogen-bond acceptors (Lipinski definition) is 6. The van der Waals surface area contributed by atoms with Crippen LogP contribution in [0.5, 0.6) is 23.1 Å². The van der Waals surface area contributed by atoms with Crippen LogP contribution in [-0.2, 0) is 0 Å². The molecule has 2 aromatic carbocycles. The van der Waals surface area contributed by atoms with Gasteiger partial charge in [0.15, 0.2) is 17.3 Å². The van der Waals surface area contributed by atoms with Gasteiger partial charge in [0, 0.05) is 24.1 Å². The zero-order valence-corrected chi connectivity index (χ0v) is 16.4. The third kappa shape index (κ3) is 4.04. The minimum absolute atomic E-state index is 0.275. The third-order valence-corrected chi connectivity index (χ3v) is 4.64. The Morgan fingerprint density at radius 1 is 0.903 bits per heavy atom. The van der Waals surface area contributed by atoms with Crippen LogP contribution in [0.15, 0.2) is 79.1 Å². The molecule has 4 aromatic rings. The molecule has 0 fully saturated rings. The van der Waals surface area contributed by atoms with Crippen LogP contribution in [0.2, 0.25) is 0 Å². The van der Waals surface area contributed by atoms with E-state index in [1.54, 1.807) is 48.5 Å². The molecule has 0 unspecified atom stereocenters. The van der Waals surface area contributed by atoms with E-state index < -0.39 is 0 Å². The molecule has 0 spiro atoms. The molecule has 31 heavy (non-hydrogen) atoms. The Morgan fingerprint density at radius 3 is 2.48 bits per heavy atom. The Bertz CT molecular complexity index is 1190. The summed E-state index contributed by atoms with van der Waals surface area (Å²) in [6.45, 7) is 0.887. The van der Waals surface area contributed by atoms with Gasteiger partial charge < -0.3 is 24.1 Å². The Morgan fingerprint density at radius 2 is 1.71 bits per heavy atom. The van der Waals surface area contributed by atoms with Crippen molar-refractivity contribution < 1.29 is 19.0 Å². The van der Waals surface area contributed by atoms with Crippen LogP contribution in [0.1, 0.15) is 10.4 Å². The number of fused-ring (bicyclic) bond motifs is 1. The number of aromatic nitrogens is 3. The lowest BCUT2D eigenvalue weighted by Gasteiger charge is -2.20. The van der Waals surface area contributed by atoms with E-state index in [-0.39, 0.29) is 5.91 Å². The number of anilines is 1. The SMILES string of the molecule is O=C(Nc1ccc(Oc2ccc(-n3cccc3)nn2)cc1)c1cccc2c1OCCO2. The highest BCUT2D eigenvalue weighted by Crippen LogP contribution is 2.34. The van der Waals surface area contributed by atoms with E-state index in [1.807, 2.05) is 35.2 Å². The summed E-state index contributed by atoms with van der Waals surface area (Å²) >= 11 is 0. The lowest BCUT2D eigenvalue weighted by molar-refractivity contribution is 0.101. The number of ether oxygens (including phenoxy) is 3. The van der Waals surface area contributed by atoms with Gasteiger partial charge in [-0.05, 0) is 54.6 Å². The van der Waals surface area contributed by atoms with Gasteiger partial charge in [-0.1, -0.05) is 6.07 Å². The van der Waals surface area contributed by atoms with Crippen molar-refractivity contribution in [2.75, 3.05) is 18.5 Å². The maximum absolute atomic E-state index is 12.7. The van der Waals surface area contributed by atoms with Gasteiger partial charge in [-0.15, -0.1) is 10.2 Å². The summed E-state index contributed by atoms with van der Waals surface area (Å²) in [7, 11) is 0. The fourth-order valence-corrected chi connectivity index (χ4v) is 3.17. The number of carbonyl (C=O) groups excluding carboxylic acids is 1. The predicted molar refractivity (Wildman–Crippen MR) is 113 cm³/mol. The monoisotopic (exact) mass is 414 g/mol. The van der Waals surface area contributed by atoms with E-state index >= 15 is 0 Å². The van der Waals surface area contributed by atoms with Crippen molar-refractivity contribution in [2.45, 2.75) is 0 Å². The predicted octanol–water partition coefficient (Wildman–Crippen LogP) is 4.08. The first-order valence-electron chi connectivity index (χ1n) is 9.71. The molecular weight excluding hydrogens is 396 g/mol. The molecular formula is C23H18N4O4. The Balaban J connectivity index is 1.25. The minimum Gasteiger partial charge on any atom is -0.486 e. The van der Waals surface area contributed by atoms with Gasteiger partial charge in [0.05, 0.1) is 5.56 Å². The molecule has 0 bridgehead atoms. The molecule has 8 heteroatoms. The quantitative estimate of drug-likeness (QED) is 0.529. The standard InChI is InChI=1S/C23H18N4O4/c28-23(18-4-3-5-19-22(18)30-15-14-29-19)24-16-6-8-17(9-7-16)31-21-11-10-20(25-26-21)27-12-1-2-13-27/h1-13H,14-15H2,(H,24,28). The fraction of sp³-hybridized carbons (Fsp3) is 0.0870. The zero-order chi connectivity index (χ0) is 21.0. The molecule has 0 aliphatic carbocycles. The van der Waals surface area contributed by atoms with Crippen LogP contribution in [0, 0.1) is 0 Å². The van der Waals surface area contributed by atoms with E-state index in [2.05, 4.69) is 15.5 Å². The van der Waals surface area contributed by atoms with Crippen LogP contribution >= 0.6 is 0 Å². The molecule has 3 heterocycles. The van der Waals surface area contributed by atoms with Crippen LogP contribution in [0.25, 0.3) is 5.82 Å². The largest absolute Gasteiger partial charge is 0.486 e. The van der Waals surface area contributed by atoms with E-state index in [9.17, 15) is 4.79 Å². The molecule has 8 nitrogen and oxygen atoms in total. The number of amides is 1.